The topological polar surface area (TPSA) is 74.6 Å². The van der Waals surface area contributed by atoms with Crippen LogP contribution in [0.2, 0.25) is 0 Å². The molecule has 4 heteroatoms. The number of aliphatic carboxylic acids is 1. The maximum Gasteiger partial charge on any atom is 0.309 e. The summed E-state index contributed by atoms with van der Waals surface area (Å²) in [4.78, 5) is 24.7. The second kappa shape index (κ2) is 5.41. The fourth-order valence-electron chi connectivity index (χ4n) is 4.78. The average Bonchev–Trinajstić information content (AvgIpc) is 2.53. The van der Waals surface area contributed by atoms with Gasteiger partial charge in [-0.3, -0.25) is 9.59 Å². The molecular formula is C20H26O4. The summed E-state index contributed by atoms with van der Waals surface area (Å²) < 4.78 is 0. The highest BCUT2D eigenvalue weighted by Gasteiger charge is 2.60. The molecule has 2 aliphatic rings. The zero-order valence-electron chi connectivity index (χ0n) is 14.8. The highest BCUT2D eigenvalue weighted by molar-refractivity contribution is 6.00. The summed E-state index contributed by atoms with van der Waals surface area (Å²) >= 11 is 0. The van der Waals surface area contributed by atoms with Gasteiger partial charge in [-0.25, -0.2) is 0 Å². The highest BCUT2D eigenvalue weighted by atomic mass is 16.4. The zero-order valence-corrected chi connectivity index (χ0v) is 14.8. The third-order valence-corrected chi connectivity index (χ3v) is 6.59. The van der Waals surface area contributed by atoms with Crippen LogP contribution < -0.4 is 0 Å². The predicted molar refractivity (Wildman–Crippen MR) is 91.3 cm³/mol. The molecule has 0 unspecified atom stereocenters. The number of hydrogen-bond donors (Lipinski definition) is 2. The van der Waals surface area contributed by atoms with E-state index in [9.17, 15) is 19.8 Å². The van der Waals surface area contributed by atoms with Crippen molar-refractivity contribution in [1.82, 2.24) is 0 Å². The molecule has 0 spiro atoms. The van der Waals surface area contributed by atoms with Crippen molar-refractivity contribution in [2.45, 2.75) is 64.4 Å². The van der Waals surface area contributed by atoms with Gasteiger partial charge in [0.25, 0.3) is 0 Å². The van der Waals surface area contributed by atoms with E-state index in [0.29, 0.717) is 24.3 Å². The molecule has 1 fully saturated rings. The molecule has 0 radical (unpaired) electrons. The van der Waals surface area contributed by atoms with Gasteiger partial charge in [-0.2, -0.15) is 0 Å². The Balaban J connectivity index is 2.21. The van der Waals surface area contributed by atoms with Crippen molar-refractivity contribution in [2.75, 3.05) is 0 Å². The third kappa shape index (κ3) is 2.16. The van der Waals surface area contributed by atoms with E-state index < -0.39 is 28.8 Å². The lowest BCUT2D eigenvalue weighted by atomic mass is 9.48. The van der Waals surface area contributed by atoms with Crippen LogP contribution >= 0.6 is 0 Å². The van der Waals surface area contributed by atoms with E-state index in [4.69, 9.17) is 0 Å². The minimum atomic E-state index is -0.988. The molecule has 2 N–H and O–H groups in total. The van der Waals surface area contributed by atoms with Crippen LogP contribution in [-0.4, -0.2) is 28.1 Å². The van der Waals surface area contributed by atoms with Crippen LogP contribution in [0.4, 0.5) is 0 Å². The molecule has 0 bridgehead atoms. The predicted octanol–water partition coefficient (Wildman–Crippen LogP) is 3.52. The van der Waals surface area contributed by atoms with Crippen LogP contribution in [0.1, 0.15) is 74.4 Å². The van der Waals surface area contributed by atoms with Gasteiger partial charge in [0.2, 0.25) is 0 Å². The van der Waals surface area contributed by atoms with Gasteiger partial charge in [0, 0.05) is 17.4 Å². The minimum absolute atomic E-state index is 0.00319. The smallest absolute Gasteiger partial charge is 0.309 e. The number of rotatable bonds is 2. The summed E-state index contributed by atoms with van der Waals surface area (Å²) in [6.45, 7) is 7.82. The molecule has 0 heterocycles. The number of Topliss-reactive ketones (excluding diaryl/α,β-unsaturated/α-hetero) is 1. The molecule has 130 valence electrons. The molecule has 1 aromatic carbocycles. The van der Waals surface area contributed by atoms with Gasteiger partial charge in [0.1, 0.15) is 0 Å². The number of ketones is 1. The minimum Gasteiger partial charge on any atom is -0.481 e. The number of carbonyl (C=O) groups is 2. The normalized spacial score (nSPS) is 35.5. The third-order valence-electron chi connectivity index (χ3n) is 6.59. The number of hydrogen-bond acceptors (Lipinski definition) is 3. The lowest BCUT2D eigenvalue weighted by molar-refractivity contribution is -0.161. The number of benzene rings is 1. The maximum atomic E-state index is 12.8. The number of aliphatic hydroxyl groups is 1. The molecule has 2 aliphatic carbocycles. The summed E-state index contributed by atoms with van der Waals surface area (Å²) in [5.74, 6) is -0.956. The van der Waals surface area contributed by atoms with E-state index in [1.54, 1.807) is 6.92 Å². The van der Waals surface area contributed by atoms with Gasteiger partial charge in [-0.15, -0.1) is 0 Å². The van der Waals surface area contributed by atoms with E-state index >= 15 is 0 Å². The molecule has 0 saturated heterocycles. The Hall–Kier alpha value is -1.68. The fourth-order valence-corrected chi connectivity index (χ4v) is 4.78. The fraction of sp³-hybridized carbons (Fsp3) is 0.600. The summed E-state index contributed by atoms with van der Waals surface area (Å²) in [6.07, 6.45) is 0.392. The number of fused-ring (bicyclic) bond motifs is 3. The van der Waals surface area contributed by atoms with Gasteiger partial charge in [-0.05, 0) is 48.8 Å². The largest absolute Gasteiger partial charge is 0.481 e. The van der Waals surface area contributed by atoms with Crippen molar-refractivity contribution in [1.29, 1.82) is 0 Å². The van der Waals surface area contributed by atoms with Crippen molar-refractivity contribution in [2.24, 2.45) is 11.3 Å². The van der Waals surface area contributed by atoms with E-state index in [2.05, 4.69) is 13.8 Å². The summed E-state index contributed by atoms with van der Waals surface area (Å²) in [5.41, 5.74) is 0.874. The number of carbonyl (C=O) groups excluding carboxylic acids is 1. The van der Waals surface area contributed by atoms with Gasteiger partial charge in [0.05, 0.1) is 11.5 Å². The number of aliphatic hydroxyl groups excluding tert-OH is 1. The molecule has 0 aromatic heterocycles. The van der Waals surface area contributed by atoms with Crippen LogP contribution in [0, 0.1) is 11.3 Å². The van der Waals surface area contributed by atoms with E-state index in [1.807, 2.05) is 25.1 Å². The monoisotopic (exact) mass is 330 g/mol. The lowest BCUT2D eigenvalue weighted by Gasteiger charge is -2.55. The first kappa shape index (κ1) is 17.2. The average molecular weight is 330 g/mol. The zero-order chi connectivity index (χ0) is 17.9. The summed E-state index contributed by atoms with van der Waals surface area (Å²) in [5, 5.41) is 20.6. The first-order valence-corrected chi connectivity index (χ1v) is 8.71. The Kier molecular flexibility index (Phi) is 3.87. The lowest BCUT2D eigenvalue weighted by Crippen LogP contribution is -2.59. The van der Waals surface area contributed by atoms with E-state index in [1.165, 1.54) is 0 Å². The second-order valence-electron chi connectivity index (χ2n) is 8.20. The molecular weight excluding hydrogens is 304 g/mol. The first-order chi connectivity index (χ1) is 11.1. The molecule has 1 saturated carbocycles. The standard InChI is InChI=1S/C20H26O4/c1-11(2)12-5-6-14-13(9-12)15(21)10-16-19(3,18(23)24)8-7-17(22)20(14,16)4/h5-6,9,11,16-17,22H,7-8,10H2,1-4H3,(H,23,24)/t16-,17-,19+,20+/m0/s1. The Morgan fingerprint density at radius 1 is 1.29 bits per heavy atom. The van der Waals surface area contributed by atoms with Crippen LogP contribution in [0.25, 0.3) is 0 Å². The number of carboxylic acids is 1. The molecule has 24 heavy (non-hydrogen) atoms. The molecule has 0 aliphatic heterocycles. The molecule has 3 rings (SSSR count). The van der Waals surface area contributed by atoms with Gasteiger partial charge in [-0.1, -0.05) is 32.9 Å². The quantitative estimate of drug-likeness (QED) is 0.870. The van der Waals surface area contributed by atoms with Crippen molar-refractivity contribution in [3.8, 4) is 0 Å². The molecule has 0 amide bonds. The van der Waals surface area contributed by atoms with E-state index in [-0.39, 0.29) is 12.2 Å². The molecule has 4 nitrogen and oxygen atoms in total. The Morgan fingerprint density at radius 2 is 1.96 bits per heavy atom. The van der Waals surface area contributed by atoms with Crippen LogP contribution in [0.3, 0.4) is 0 Å². The maximum absolute atomic E-state index is 12.8. The Bertz CT molecular complexity index is 708. The van der Waals surface area contributed by atoms with Crippen LogP contribution in [0.15, 0.2) is 18.2 Å². The Labute approximate surface area is 142 Å². The summed E-state index contributed by atoms with van der Waals surface area (Å²) in [6, 6.07) is 5.87. The van der Waals surface area contributed by atoms with Gasteiger partial charge >= 0.3 is 5.97 Å². The Morgan fingerprint density at radius 3 is 2.54 bits per heavy atom. The van der Waals surface area contributed by atoms with Crippen LogP contribution in [-0.2, 0) is 10.2 Å². The first-order valence-electron chi connectivity index (χ1n) is 8.71. The SMILES string of the molecule is CC(C)c1ccc2c(c1)C(=O)C[C@@H]1[C@]2(C)[C@@H](O)CC[C@@]1(C)C(=O)O. The number of carboxylic acid groups (broad SMARTS) is 1. The van der Waals surface area contributed by atoms with Crippen LogP contribution in [0.5, 0.6) is 0 Å². The van der Waals surface area contributed by atoms with Crippen molar-refractivity contribution in [3.05, 3.63) is 34.9 Å². The molecule has 1 aromatic rings. The van der Waals surface area contributed by atoms with E-state index in [0.717, 1.165) is 11.1 Å². The van der Waals surface area contributed by atoms with Crippen molar-refractivity contribution < 1.29 is 19.8 Å². The second-order valence-corrected chi connectivity index (χ2v) is 8.20. The highest BCUT2D eigenvalue weighted by Crippen LogP contribution is 2.57. The van der Waals surface area contributed by atoms with Gasteiger partial charge in [0.15, 0.2) is 5.78 Å². The van der Waals surface area contributed by atoms with Gasteiger partial charge < -0.3 is 10.2 Å². The van der Waals surface area contributed by atoms with Crippen molar-refractivity contribution >= 4 is 11.8 Å². The summed E-state index contributed by atoms with van der Waals surface area (Å²) in [7, 11) is 0. The van der Waals surface area contributed by atoms with Crippen molar-refractivity contribution in [3.63, 3.8) is 0 Å². The molecule has 4 atom stereocenters.